The number of nitrogens with one attached hydrogen (secondary N) is 1. The molecule has 29 heavy (non-hydrogen) atoms. The molecule has 1 aromatic carbocycles. The fourth-order valence-electron chi connectivity index (χ4n) is 2.61. The molecule has 0 aliphatic rings. The first kappa shape index (κ1) is 22.0. The monoisotopic (exact) mass is 402 g/mol. The molecule has 2 N–H and O–H groups in total. The predicted octanol–water partition coefficient (Wildman–Crippen LogP) is 3.30. The molecule has 1 aromatic heterocycles. The summed E-state index contributed by atoms with van der Waals surface area (Å²) in [6.07, 6.45) is 1.28. The van der Waals surface area contributed by atoms with E-state index in [4.69, 9.17) is 14.2 Å². The van der Waals surface area contributed by atoms with Gasteiger partial charge in [0, 0.05) is 6.20 Å². The van der Waals surface area contributed by atoms with Crippen molar-refractivity contribution < 1.29 is 28.9 Å². The van der Waals surface area contributed by atoms with Crippen LogP contribution in [0.2, 0.25) is 0 Å². The first-order chi connectivity index (χ1) is 13.7. The lowest BCUT2D eigenvalue weighted by atomic mass is 10.1. The second-order valence-corrected chi connectivity index (χ2v) is 7.34. The van der Waals surface area contributed by atoms with Crippen molar-refractivity contribution in [3.8, 4) is 11.6 Å². The number of aromatic carboxylic acids is 1. The summed E-state index contributed by atoms with van der Waals surface area (Å²) < 4.78 is 16.1. The second kappa shape index (κ2) is 9.77. The first-order valence-corrected chi connectivity index (χ1v) is 9.12. The number of carboxylic acid groups (broad SMARTS) is 1. The van der Waals surface area contributed by atoms with Crippen LogP contribution in [0.25, 0.3) is 0 Å². The average molecular weight is 402 g/mol. The summed E-state index contributed by atoms with van der Waals surface area (Å²) in [4.78, 5) is 27.8. The highest BCUT2D eigenvalue weighted by molar-refractivity contribution is 5.93. The molecule has 0 unspecified atom stereocenters. The molecule has 1 heterocycles. The molecule has 0 saturated carbocycles. The topological polar surface area (TPSA) is 107 Å². The Kier molecular flexibility index (Phi) is 7.41. The second-order valence-electron chi connectivity index (χ2n) is 7.34. The van der Waals surface area contributed by atoms with Gasteiger partial charge in [-0.1, -0.05) is 30.3 Å². The molecule has 2 rings (SSSR count). The van der Waals surface area contributed by atoms with Crippen molar-refractivity contribution >= 4 is 12.1 Å². The van der Waals surface area contributed by atoms with Gasteiger partial charge in [-0.2, -0.15) is 0 Å². The van der Waals surface area contributed by atoms with Crippen LogP contribution in [-0.2, 0) is 11.2 Å². The van der Waals surface area contributed by atoms with E-state index in [2.05, 4.69) is 10.3 Å². The van der Waals surface area contributed by atoms with E-state index >= 15 is 0 Å². The maximum absolute atomic E-state index is 12.2. The van der Waals surface area contributed by atoms with E-state index in [9.17, 15) is 14.7 Å². The van der Waals surface area contributed by atoms with Crippen LogP contribution in [0.4, 0.5) is 4.79 Å². The van der Waals surface area contributed by atoms with E-state index in [-0.39, 0.29) is 23.8 Å². The summed E-state index contributed by atoms with van der Waals surface area (Å²) in [5.41, 5.74) is 0.160. The summed E-state index contributed by atoms with van der Waals surface area (Å²) in [5.74, 6) is -1.16. The number of nitrogens with zero attached hydrogens (tertiary/aromatic N) is 1. The predicted molar refractivity (Wildman–Crippen MR) is 107 cm³/mol. The number of benzene rings is 1. The van der Waals surface area contributed by atoms with Crippen LogP contribution >= 0.6 is 0 Å². The van der Waals surface area contributed by atoms with Crippen LogP contribution in [-0.4, -0.2) is 47.5 Å². The lowest BCUT2D eigenvalue weighted by Gasteiger charge is -2.24. The molecule has 8 heteroatoms. The molecular formula is C21H26N2O6. The Balaban J connectivity index is 2.17. The van der Waals surface area contributed by atoms with Crippen molar-refractivity contribution in [2.75, 3.05) is 13.7 Å². The number of aromatic nitrogens is 1. The molecule has 0 spiro atoms. The number of rotatable bonds is 8. The van der Waals surface area contributed by atoms with E-state index < -0.39 is 23.7 Å². The van der Waals surface area contributed by atoms with E-state index in [1.165, 1.54) is 19.4 Å². The van der Waals surface area contributed by atoms with Crippen molar-refractivity contribution in [1.29, 1.82) is 0 Å². The quantitative estimate of drug-likeness (QED) is 0.697. The van der Waals surface area contributed by atoms with Gasteiger partial charge in [-0.25, -0.2) is 14.6 Å². The number of methoxy groups -OCH3 is 1. The van der Waals surface area contributed by atoms with E-state index in [1.54, 1.807) is 20.8 Å². The summed E-state index contributed by atoms with van der Waals surface area (Å²) in [7, 11) is 1.37. The van der Waals surface area contributed by atoms with Gasteiger partial charge >= 0.3 is 12.1 Å². The lowest BCUT2D eigenvalue weighted by molar-refractivity contribution is 0.0484. The number of pyridine rings is 1. The highest BCUT2D eigenvalue weighted by atomic mass is 16.6. The number of carbonyl (C=O) groups is 2. The third-order valence-corrected chi connectivity index (χ3v) is 3.78. The fraction of sp³-hybridized carbons (Fsp3) is 0.381. The molecule has 1 atom stereocenters. The number of carboxylic acids is 1. The summed E-state index contributed by atoms with van der Waals surface area (Å²) in [6.45, 7) is 5.31. The van der Waals surface area contributed by atoms with E-state index in [1.807, 2.05) is 30.3 Å². The van der Waals surface area contributed by atoms with Gasteiger partial charge in [-0.3, -0.25) is 0 Å². The van der Waals surface area contributed by atoms with Crippen LogP contribution < -0.4 is 14.8 Å². The minimum absolute atomic E-state index is 0.00537. The van der Waals surface area contributed by atoms with Crippen LogP contribution in [0.3, 0.4) is 0 Å². The van der Waals surface area contributed by atoms with Gasteiger partial charge in [-0.15, -0.1) is 0 Å². The van der Waals surface area contributed by atoms with Gasteiger partial charge in [0.05, 0.1) is 13.2 Å². The summed E-state index contributed by atoms with van der Waals surface area (Å²) in [5, 5.41) is 12.2. The first-order valence-electron chi connectivity index (χ1n) is 9.12. The Bertz CT molecular complexity index is 833. The Labute approximate surface area is 169 Å². The zero-order valence-electron chi connectivity index (χ0n) is 17.0. The lowest BCUT2D eigenvalue weighted by Crippen LogP contribution is -2.43. The SMILES string of the molecule is COc1ccnc(OC[C@@H](Cc2ccccc2)NC(=O)OC(C)(C)C)c1C(=O)O. The molecule has 8 nitrogen and oxygen atoms in total. The van der Waals surface area contributed by atoms with E-state index in [0.29, 0.717) is 6.42 Å². The van der Waals surface area contributed by atoms with Gasteiger partial charge in [0.15, 0.2) is 5.56 Å². The number of amides is 1. The molecule has 0 aliphatic heterocycles. The van der Waals surface area contributed by atoms with Crippen molar-refractivity contribution in [3.63, 3.8) is 0 Å². The van der Waals surface area contributed by atoms with Gasteiger partial charge in [0.1, 0.15) is 18.0 Å². The number of ether oxygens (including phenoxy) is 3. The van der Waals surface area contributed by atoms with Crippen molar-refractivity contribution in [3.05, 3.63) is 53.7 Å². The largest absolute Gasteiger partial charge is 0.496 e. The number of hydrogen-bond donors (Lipinski definition) is 2. The molecule has 2 aromatic rings. The number of alkyl carbamates (subject to hydrolysis) is 1. The number of hydrogen-bond acceptors (Lipinski definition) is 6. The molecule has 0 bridgehead atoms. The maximum atomic E-state index is 12.2. The molecule has 1 amide bonds. The summed E-state index contributed by atoms with van der Waals surface area (Å²) in [6, 6.07) is 10.5. The van der Waals surface area contributed by atoms with Gasteiger partial charge < -0.3 is 24.6 Å². The molecule has 0 saturated heterocycles. The standard InChI is InChI=1S/C21H26N2O6/c1-21(2,3)29-20(26)23-15(12-14-8-6-5-7-9-14)13-28-18-17(19(24)25)16(27-4)10-11-22-18/h5-11,15H,12-13H2,1-4H3,(H,23,26)(H,24,25)/t15-/m1/s1. The fourth-order valence-corrected chi connectivity index (χ4v) is 2.61. The molecular weight excluding hydrogens is 376 g/mol. The Hall–Kier alpha value is -3.29. The van der Waals surface area contributed by atoms with Crippen LogP contribution in [0.1, 0.15) is 36.7 Å². The van der Waals surface area contributed by atoms with Crippen LogP contribution in [0.5, 0.6) is 11.6 Å². The Morgan fingerprint density at radius 3 is 2.45 bits per heavy atom. The zero-order chi connectivity index (χ0) is 21.4. The van der Waals surface area contributed by atoms with Gasteiger partial charge in [-0.05, 0) is 38.8 Å². The van der Waals surface area contributed by atoms with Gasteiger partial charge in [0.2, 0.25) is 5.88 Å². The van der Waals surface area contributed by atoms with E-state index in [0.717, 1.165) is 5.56 Å². The third kappa shape index (κ3) is 6.99. The zero-order valence-corrected chi connectivity index (χ0v) is 17.0. The third-order valence-electron chi connectivity index (χ3n) is 3.78. The minimum Gasteiger partial charge on any atom is -0.496 e. The normalized spacial score (nSPS) is 12.0. The summed E-state index contributed by atoms with van der Waals surface area (Å²) >= 11 is 0. The number of carbonyl (C=O) groups excluding carboxylic acids is 1. The van der Waals surface area contributed by atoms with Crippen LogP contribution in [0.15, 0.2) is 42.6 Å². The smallest absolute Gasteiger partial charge is 0.408 e. The van der Waals surface area contributed by atoms with Crippen molar-refractivity contribution in [2.45, 2.75) is 38.8 Å². The minimum atomic E-state index is -1.22. The van der Waals surface area contributed by atoms with Gasteiger partial charge in [0.25, 0.3) is 0 Å². The molecule has 156 valence electrons. The highest BCUT2D eigenvalue weighted by Gasteiger charge is 2.23. The van der Waals surface area contributed by atoms with Crippen LogP contribution in [0, 0.1) is 0 Å². The molecule has 0 fully saturated rings. The average Bonchev–Trinajstić information content (AvgIpc) is 2.64. The Morgan fingerprint density at radius 2 is 1.86 bits per heavy atom. The Morgan fingerprint density at radius 1 is 1.17 bits per heavy atom. The van der Waals surface area contributed by atoms with Crippen molar-refractivity contribution in [2.24, 2.45) is 0 Å². The molecule has 0 aliphatic carbocycles. The molecule has 0 radical (unpaired) electrons. The maximum Gasteiger partial charge on any atom is 0.408 e. The van der Waals surface area contributed by atoms with Crippen molar-refractivity contribution in [1.82, 2.24) is 10.3 Å². The highest BCUT2D eigenvalue weighted by Crippen LogP contribution is 2.26.